The van der Waals surface area contributed by atoms with E-state index in [0.717, 1.165) is 35.6 Å². The molecule has 0 aliphatic carbocycles. The van der Waals surface area contributed by atoms with Gasteiger partial charge in [-0.25, -0.2) is 0 Å². The number of nitrogens with one attached hydrogen (secondary N) is 1. The Labute approximate surface area is 128 Å². The van der Waals surface area contributed by atoms with Gasteiger partial charge in [-0.05, 0) is 44.3 Å². The number of hydrogen-bond donors (Lipinski definition) is 2. The highest BCUT2D eigenvalue weighted by Crippen LogP contribution is 2.38. The van der Waals surface area contributed by atoms with E-state index in [1.807, 2.05) is 18.3 Å². The van der Waals surface area contributed by atoms with Gasteiger partial charge in [0.25, 0.3) is 0 Å². The molecule has 1 aliphatic rings. The van der Waals surface area contributed by atoms with Crippen LogP contribution in [0, 0.1) is 0 Å². The number of nitrogen functional groups attached to an aromatic ring is 1. The molecule has 0 aromatic carbocycles. The highest BCUT2D eigenvalue weighted by molar-refractivity contribution is 7.11. The largest absolute Gasteiger partial charge is 0.382 e. The van der Waals surface area contributed by atoms with Crippen molar-refractivity contribution < 1.29 is 4.74 Å². The van der Waals surface area contributed by atoms with E-state index < -0.39 is 0 Å². The quantitative estimate of drug-likeness (QED) is 0.911. The Morgan fingerprint density at radius 2 is 2.33 bits per heavy atom. The number of rotatable bonds is 3. The Morgan fingerprint density at radius 1 is 1.48 bits per heavy atom. The van der Waals surface area contributed by atoms with Crippen molar-refractivity contribution in [3.05, 3.63) is 24.5 Å². The number of pyridine rings is 1. The lowest BCUT2D eigenvalue weighted by molar-refractivity contribution is -0.0552. The third kappa shape index (κ3) is 3.16. The van der Waals surface area contributed by atoms with Crippen LogP contribution in [0.2, 0.25) is 0 Å². The van der Waals surface area contributed by atoms with Crippen molar-refractivity contribution in [2.24, 2.45) is 0 Å². The molecule has 3 heterocycles. The minimum absolute atomic E-state index is 0.0827. The van der Waals surface area contributed by atoms with Crippen molar-refractivity contribution in [1.29, 1.82) is 0 Å². The molecule has 0 spiro atoms. The normalized spacial score (nSPS) is 21.1. The molecule has 6 heteroatoms. The van der Waals surface area contributed by atoms with Gasteiger partial charge in [0, 0.05) is 30.6 Å². The number of aromatic nitrogens is 2. The van der Waals surface area contributed by atoms with E-state index in [0.29, 0.717) is 11.9 Å². The highest BCUT2D eigenvalue weighted by atomic mass is 32.1. The summed E-state index contributed by atoms with van der Waals surface area (Å²) in [5, 5.41) is 4.61. The van der Waals surface area contributed by atoms with Crippen LogP contribution < -0.4 is 11.1 Å². The molecular weight excluding hydrogens is 284 g/mol. The van der Waals surface area contributed by atoms with Crippen LogP contribution in [0.15, 0.2) is 24.5 Å². The topological polar surface area (TPSA) is 73.1 Å². The summed E-state index contributed by atoms with van der Waals surface area (Å²) in [4.78, 5) is 4.17. The number of hydrogen-bond acceptors (Lipinski definition) is 6. The van der Waals surface area contributed by atoms with E-state index in [1.54, 1.807) is 6.20 Å². The van der Waals surface area contributed by atoms with Crippen LogP contribution in [0.25, 0.3) is 11.1 Å². The maximum atomic E-state index is 6.04. The van der Waals surface area contributed by atoms with Crippen LogP contribution in [-0.4, -0.2) is 27.6 Å². The first-order valence-electron chi connectivity index (χ1n) is 7.11. The van der Waals surface area contributed by atoms with Gasteiger partial charge in [-0.2, -0.15) is 4.37 Å². The summed E-state index contributed by atoms with van der Waals surface area (Å²) >= 11 is 1.41. The molecule has 112 valence electrons. The van der Waals surface area contributed by atoms with E-state index >= 15 is 0 Å². The summed E-state index contributed by atoms with van der Waals surface area (Å²) in [6.07, 6.45) is 5.54. The smallest absolute Gasteiger partial charge is 0.147 e. The lowest BCUT2D eigenvalue weighted by Crippen LogP contribution is -2.40. The van der Waals surface area contributed by atoms with Gasteiger partial charge < -0.3 is 15.8 Å². The number of anilines is 2. The summed E-state index contributed by atoms with van der Waals surface area (Å²) in [5.41, 5.74) is 7.91. The molecule has 0 radical (unpaired) electrons. The van der Waals surface area contributed by atoms with Gasteiger partial charge in [-0.15, -0.1) is 0 Å². The molecule has 1 atom stereocenters. The van der Waals surface area contributed by atoms with E-state index in [4.69, 9.17) is 10.5 Å². The average Bonchev–Trinajstić information content (AvgIpc) is 2.79. The zero-order valence-corrected chi connectivity index (χ0v) is 13.1. The third-order valence-corrected chi connectivity index (χ3v) is 4.49. The van der Waals surface area contributed by atoms with Gasteiger partial charge in [-0.1, -0.05) is 6.07 Å². The van der Waals surface area contributed by atoms with Crippen LogP contribution in [0.3, 0.4) is 0 Å². The number of nitrogens with zero attached hydrogens (tertiary/aromatic N) is 2. The molecule has 0 amide bonds. The van der Waals surface area contributed by atoms with E-state index in [1.165, 1.54) is 11.5 Å². The van der Waals surface area contributed by atoms with E-state index in [2.05, 4.69) is 28.5 Å². The lowest BCUT2D eigenvalue weighted by Gasteiger charge is -2.36. The molecule has 3 N–H and O–H groups in total. The first kappa shape index (κ1) is 14.3. The Kier molecular flexibility index (Phi) is 3.82. The molecular formula is C15H20N4OS. The first-order valence-corrected chi connectivity index (χ1v) is 7.88. The summed E-state index contributed by atoms with van der Waals surface area (Å²) in [7, 11) is 0. The molecule has 0 bridgehead atoms. The maximum absolute atomic E-state index is 6.04. The Bertz CT molecular complexity index is 611. The monoisotopic (exact) mass is 304 g/mol. The van der Waals surface area contributed by atoms with Crippen molar-refractivity contribution in [3.8, 4) is 11.1 Å². The maximum Gasteiger partial charge on any atom is 0.147 e. The molecule has 3 rings (SSSR count). The molecule has 1 aliphatic heterocycles. The van der Waals surface area contributed by atoms with Gasteiger partial charge in [0.1, 0.15) is 10.8 Å². The van der Waals surface area contributed by atoms with Gasteiger partial charge in [0.2, 0.25) is 0 Å². The standard InChI is InChI=1S/C15H20N4OS/c1-15(2)8-11(5-7-20-15)18-14-12(13(16)19-21-14)10-4-3-6-17-9-10/h3-4,6,9,11,18H,5,7-8H2,1-2H3,(H2,16,19). The number of nitrogens with two attached hydrogens (primary N) is 1. The fraction of sp³-hybridized carbons (Fsp3) is 0.467. The molecule has 1 unspecified atom stereocenters. The zero-order valence-electron chi connectivity index (χ0n) is 12.3. The van der Waals surface area contributed by atoms with Gasteiger partial charge in [0.05, 0.1) is 11.2 Å². The Balaban J connectivity index is 1.84. The van der Waals surface area contributed by atoms with E-state index in [9.17, 15) is 0 Å². The summed E-state index contributed by atoms with van der Waals surface area (Å²) in [5.74, 6) is 0.557. The molecule has 1 fully saturated rings. The van der Waals surface area contributed by atoms with Crippen molar-refractivity contribution >= 4 is 22.4 Å². The van der Waals surface area contributed by atoms with Gasteiger partial charge in [0.15, 0.2) is 0 Å². The predicted octanol–water partition coefficient (Wildman–Crippen LogP) is 3.16. The molecule has 2 aromatic heterocycles. The fourth-order valence-corrected chi connectivity index (χ4v) is 3.55. The van der Waals surface area contributed by atoms with Crippen LogP contribution >= 0.6 is 11.5 Å². The third-order valence-electron chi connectivity index (χ3n) is 3.70. The minimum Gasteiger partial charge on any atom is -0.382 e. The zero-order chi connectivity index (χ0) is 14.9. The summed E-state index contributed by atoms with van der Waals surface area (Å²) in [6, 6.07) is 4.30. The lowest BCUT2D eigenvalue weighted by atomic mass is 9.94. The second-order valence-electron chi connectivity index (χ2n) is 5.96. The summed E-state index contributed by atoms with van der Waals surface area (Å²) in [6.45, 7) is 5.04. The average molecular weight is 304 g/mol. The van der Waals surface area contributed by atoms with Crippen LogP contribution in [0.5, 0.6) is 0 Å². The second kappa shape index (κ2) is 5.61. The van der Waals surface area contributed by atoms with Crippen molar-refractivity contribution in [2.45, 2.75) is 38.3 Å². The molecule has 2 aromatic rings. The van der Waals surface area contributed by atoms with Crippen molar-refractivity contribution in [2.75, 3.05) is 17.7 Å². The minimum atomic E-state index is -0.0827. The molecule has 1 saturated heterocycles. The molecule has 5 nitrogen and oxygen atoms in total. The SMILES string of the molecule is CC1(C)CC(Nc2snc(N)c2-c2cccnc2)CCO1. The fourth-order valence-electron chi connectivity index (χ4n) is 2.73. The Morgan fingerprint density at radius 3 is 3.05 bits per heavy atom. The first-order chi connectivity index (χ1) is 10.1. The van der Waals surface area contributed by atoms with Gasteiger partial charge >= 0.3 is 0 Å². The van der Waals surface area contributed by atoms with Crippen molar-refractivity contribution in [1.82, 2.24) is 9.36 Å². The predicted molar refractivity (Wildman–Crippen MR) is 86.4 cm³/mol. The van der Waals surface area contributed by atoms with Crippen LogP contribution in [-0.2, 0) is 4.74 Å². The van der Waals surface area contributed by atoms with E-state index in [-0.39, 0.29) is 5.60 Å². The summed E-state index contributed by atoms with van der Waals surface area (Å²) < 4.78 is 10.1. The molecule has 21 heavy (non-hydrogen) atoms. The van der Waals surface area contributed by atoms with Gasteiger partial charge in [-0.3, -0.25) is 4.98 Å². The second-order valence-corrected chi connectivity index (χ2v) is 6.73. The van der Waals surface area contributed by atoms with Crippen molar-refractivity contribution in [3.63, 3.8) is 0 Å². The Hall–Kier alpha value is -1.66. The number of ether oxygens (including phenoxy) is 1. The van der Waals surface area contributed by atoms with Crippen LogP contribution in [0.1, 0.15) is 26.7 Å². The molecule has 0 saturated carbocycles. The van der Waals surface area contributed by atoms with Crippen LogP contribution in [0.4, 0.5) is 10.8 Å². The highest BCUT2D eigenvalue weighted by Gasteiger charge is 2.29.